The predicted octanol–water partition coefficient (Wildman–Crippen LogP) is 4.95. The molecule has 0 bridgehead atoms. The summed E-state index contributed by atoms with van der Waals surface area (Å²) >= 11 is 5.36. The van der Waals surface area contributed by atoms with Gasteiger partial charge >= 0.3 is 0 Å². The van der Waals surface area contributed by atoms with E-state index in [4.69, 9.17) is 21.7 Å². The smallest absolute Gasteiger partial charge is 0.257 e. The molecule has 0 unspecified atom stereocenters. The zero-order valence-electron chi connectivity index (χ0n) is 19.5. The van der Waals surface area contributed by atoms with Gasteiger partial charge in [-0.15, -0.1) is 0 Å². The van der Waals surface area contributed by atoms with Gasteiger partial charge in [-0.05, 0) is 73.1 Å². The molecule has 0 spiro atoms. The predicted molar refractivity (Wildman–Crippen MR) is 138 cm³/mol. The summed E-state index contributed by atoms with van der Waals surface area (Å²) in [5.74, 6) is 0.493. The van der Waals surface area contributed by atoms with Crippen LogP contribution in [-0.4, -0.2) is 31.1 Å². The van der Waals surface area contributed by atoms with Crippen LogP contribution in [0.3, 0.4) is 0 Å². The third-order valence-electron chi connectivity index (χ3n) is 5.29. The van der Waals surface area contributed by atoms with Crippen LogP contribution in [0.15, 0.2) is 60.7 Å². The van der Waals surface area contributed by atoms with Gasteiger partial charge in [0.1, 0.15) is 0 Å². The molecule has 0 atom stereocenters. The van der Waals surface area contributed by atoms with E-state index in [1.165, 1.54) is 7.11 Å². The Bertz CT molecular complexity index is 1190. The zero-order valence-corrected chi connectivity index (χ0v) is 20.3. The van der Waals surface area contributed by atoms with Gasteiger partial charge in [-0.1, -0.05) is 31.2 Å². The average molecular weight is 478 g/mol. The van der Waals surface area contributed by atoms with Crippen molar-refractivity contribution < 1.29 is 19.1 Å². The minimum Gasteiger partial charge on any atom is -0.493 e. The second-order valence-corrected chi connectivity index (χ2v) is 7.84. The van der Waals surface area contributed by atoms with Crippen molar-refractivity contribution in [2.75, 3.05) is 24.9 Å². The normalized spacial score (nSPS) is 10.2. The van der Waals surface area contributed by atoms with Crippen LogP contribution < -0.4 is 25.4 Å². The lowest BCUT2D eigenvalue weighted by molar-refractivity contribution is 0.0976. The molecule has 0 aliphatic carbocycles. The van der Waals surface area contributed by atoms with Gasteiger partial charge in [0.05, 0.1) is 14.2 Å². The molecule has 0 aromatic heterocycles. The van der Waals surface area contributed by atoms with E-state index in [1.54, 1.807) is 43.5 Å². The number of nitrogens with one attached hydrogen (secondary N) is 3. The fraction of sp³-hybridized carbons (Fsp3) is 0.192. The van der Waals surface area contributed by atoms with Gasteiger partial charge in [0.15, 0.2) is 16.6 Å². The first-order chi connectivity index (χ1) is 16.4. The molecule has 7 nitrogen and oxygen atoms in total. The molecule has 0 fully saturated rings. The van der Waals surface area contributed by atoms with Gasteiger partial charge in [0, 0.05) is 22.5 Å². The van der Waals surface area contributed by atoms with E-state index in [0.717, 1.165) is 11.1 Å². The Balaban J connectivity index is 1.72. The quantitative estimate of drug-likeness (QED) is 0.417. The van der Waals surface area contributed by atoms with Crippen molar-refractivity contribution >= 4 is 40.5 Å². The molecule has 0 aliphatic heterocycles. The van der Waals surface area contributed by atoms with Crippen LogP contribution in [-0.2, 0) is 6.42 Å². The van der Waals surface area contributed by atoms with Gasteiger partial charge < -0.3 is 20.1 Å². The van der Waals surface area contributed by atoms with Gasteiger partial charge in [0.2, 0.25) is 0 Å². The highest BCUT2D eigenvalue weighted by atomic mass is 32.1. The first kappa shape index (κ1) is 24.7. The molecule has 176 valence electrons. The Hall–Kier alpha value is -3.91. The van der Waals surface area contributed by atoms with Gasteiger partial charge in [-0.25, -0.2) is 0 Å². The Morgan fingerprint density at radius 2 is 1.53 bits per heavy atom. The highest BCUT2D eigenvalue weighted by Crippen LogP contribution is 2.33. The summed E-state index contributed by atoms with van der Waals surface area (Å²) in [6, 6.07) is 17.7. The molecule has 0 aliphatic rings. The number of amides is 2. The molecule has 3 aromatic rings. The summed E-state index contributed by atoms with van der Waals surface area (Å²) in [6.07, 6.45) is 0.671. The highest BCUT2D eigenvalue weighted by molar-refractivity contribution is 7.80. The maximum Gasteiger partial charge on any atom is 0.257 e. The maximum absolute atomic E-state index is 12.8. The lowest BCUT2D eigenvalue weighted by Gasteiger charge is -2.16. The number of benzene rings is 3. The van der Waals surface area contributed by atoms with E-state index >= 15 is 0 Å². The van der Waals surface area contributed by atoms with Crippen molar-refractivity contribution in [2.45, 2.75) is 20.3 Å². The number of hydrogen-bond acceptors (Lipinski definition) is 5. The van der Waals surface area contributed by atoms with Crippen molar-refractivity contribution in [3.05, 3.63) is 82.9 Å². The topological polar surface area (TPSA) is 88.7 Å². The number of rotatable bonds is 7. The van der Waals surface area contributed by atoms with Crippen LogP contribution in [0.2, 0.25) is 0 Å². The van der Waals surface area contributed by atoms with Gasteiger partial charge in [-0.3, -0.25) is 14.9 Å². The fourth-order valence-electron chi connectivity index (χ4n) is 3.46. The van der Waals surface area contributed by atoms with Crippen LogP contribution in [0, 0.1) is 6.92 Å². The molecule has 8 heteroatoms. The monoisotopic (exact) mass is 477 g/mol. The SMILES string of the molecule is CCc1cc(C(=O)NC(=S)Nc2cccc(NC(=O)c3ccccc3)c2C)cc(OC)c1OC. The second-order valence-electron chi connectivity index (χ2n) is 7.43. The number of anilines is 2. The van der Waals surface area contributed by atoms with Crippen LogP contribution >= 0.6 is 12.2 Å². The summed E-state index contributed by atoms with van der Waals surface area (Å²) < 4.78 is 10.8. The average Bonchev–Trinajstić information content (AvgIpc) is 2.85. The third-order valence-corrected chi connectivity index (χ3v) is 5.50. The molecule has 0 saturated heterocycles. The highest BCUT2D eigenvalue weighted by Gasteiger charge is 2.17. The zero-order chi connectivity index (χ0) is 24.7. The largest absolute Gasteiger partial charge is 0.493 e. The van der Waals surface area contributed by atoms with Crippen molar-refractivity contribution in [3.8, 4) is 11.5 Å². The Kier molecular flexibility index (Phi) is 8.21. The van der Waals surface area contributed by atoms with E-state index in [0.29, 0.717) is 40.4 Å². The van der Waals surface area contributed by atoms with E-state index in [1.807, 2.05) is 38.1 Å². The van der Waals surface area contributed by atoms with Crippen molar-refractivity contribution in [3.63, 3.8) is 0 Å². The molecule has 0 saturated carbocycles. The molecule has 3 aromatic carbocycles. The number of carbonyl (C=O) groups excluding carboxylic acids is 2. The number of methoxy groups -OCH3 is 2. The second kappa shape index (κ2) is 11.3. The molecule has 3 N–H and O–H groups in total. The Morgan fingerprint density at radius 1 is 0.853 bits per heavy atom. The third kappa shape index (κ3) is 5.71. The molecular weight excluding hydrogens is 450 g/mol. The van der Waals surface area contributed by atoms with Crippen molar-refractivity contribution in [2.24, 2.45) is 0 Å². The molecule has 0 radical (unpaired) electrons. The number of hydrogen-bond donors (Lipinski definition) is 3. The van der Waals surface area contributed by atoms with Crippen LogP contribution in [0.5, 0.6) is 11.5 Å². The summed E-state index contributed by atoms with van der Waals surface area (Å²) in [6.45, 7) is 3.83. The molecule has 0 heterocycles. The number of thiocarbonyl (C=S) groups is 1. The van der Waals surface area contributed by atoms with E-state index in [2.05, 4.69) is 16.0 Å². The summed E-state index contributed by atoms with van der Waals surface area (Å²) in [7, 11) is 3.09. The minimum absolute atomic E-state index is 0.132. The first-order valence-electron chi connectivity index (χ1n) is 10.7. The summed E-state index contributed by atoms with van der Waals surface area (Å²) in [4.78, 5) is 25.4. The first-order valence-corrected chi connectivity index (χ1v) is 11.1. The number of aryl methyl sites for hydroxylation is 1. The van der Waals surface area contributed by atoms with Gasteiger partial charge in [0.25, 0.3) is 11.8 Å². The van der Waals surface area contributed by atoms with Gasteiger partial charge in [-0.2, -0.15) is 0 Å². The molecule has 34 heavy (non-hydrogen) atoms. The molecular formula is C26H27N3O4S. The van der Waals surface area contributed by atoms with E-state index in [9.17, 15) is 9.59 Å². The summed E-state index contributed by atoms with van der Waals surface area (Å²) in [5.41, 5.74) is 3.90. The number of ether oxygens (including phenoxy) is 2. The van der Waals surface area contributed by atoms with Crippen molar-refractivity contribution in [1.29, 1.82) is 0 Å². The number of carbonyl (C=O) groups is 2. The fourth-order valence-corrected chi connectivity index (χ4v) is 3.66. The van der Waals surface area contributed by atoms with E-state index in [-0.39, 0.29) is 16.9 Å². The molecule has 3 rings (SSSR count). The molecule has 2 amide bonds. The van der Waals surface area contributed by atoms with Crippen LogP contribution in [0.1, 0.15) is 38.8 Å². The maximum atomic E-state index is 12.8. The standard InChI is InChI=1S/C26H27N3O4S/c1-5-17-14-19(15-22(32-3)23(17)33-4)25(31)29-26(34)28-21-13-9-12-20(16(21)2)27-24(30)18-10-7-6-8-11-18/h6-15H,5H2,1-4H3,(H,27,30)(H2,28,29,31,34). The Labute approximate surface area is 204 Å². The van der Waals surface area contributed by atoms with Crippen molar-refractivity contribution in [1.82, 2.24) is 5.32 Å². The van der Waals surface area contributed by atoms with E-state index < -0.39 is 0 Å². The summed E-state index contributed by atoms with van der Waals surface area (Å²) in [5, 5.41) is 8.77. The lowest BCUT2D eigenvalue weighted by atomic mass is 10.1. The van der Waals surface area contributed by atoms with Crippen LogP contribution in [0.25, 0.3) is 0 Å². The van der Waals surface area contributed by atoms with Crippen LogP contribution in [0.4, 0.5) is 11.4 Å². The lowest BCUT2D eigenvalue weighted by Crippen LogP contribution is -2.34. The minimum atomic E-state index is -0.376. The Morgan fingerprint density at radius 3 is 2.15 bits per heavy atom.